The highest BCUT2D eigenvalue weighted by Crippen LogP contribution is 2.21. The maximum Gasteiger partial charge on any atom is 0.142 e. The molecule has 0 heterocycles. The largest absolute Gasteiger partial charge is 0.389 e. The second-order valence-corrected chi connectivity index (χ2v) is 5.21. The second-order valence-electron chi connectivity index (χ2n) is 4.83. The highest BCUT2D eigenvalue weighted by molar-refractivity contribution is 6.31. The predicted molar refractivity (Wildman–Crippen MR) is 68.7 cm³/mol. The summed E-state index contributed by atoms with van der Waals surface area (Å²) < 4.78 is 13.3. The van der Waals surface area contributed by atoms with Gasteiger partial charge >= 0.3 is 0 Å². The zero-order valence-electron chi connectivity index (χ0n) is 10.5. The SMILES string of the molecule is CCN(Cc1cccc(F)c1Cl)CC(C)(C)O. The van der Waals surface area contributed by atoms with Gasteiger partial charge in [-0.2, -0.15) is 0 Å². The molecule has 1 N–H and O–H groups in total. The van der Waals surface area contributed by atoms with Gasteiger partial charge in [0, 0.05) is 13.1 Å². The van der Waals surface area contributed by atoms with Crippen molar-refractivity contribution in [3.8, 4) is 0 Å². The molecule has 0 radical (unpaired) electrons. The Morgan fingerprint density at radius 1 is 1.41 bits per heavy atom. The van der Waals surface area contributed by atoms with Gasteiger partial charge < -0.3 is 5.11 Å². The number of halogens is 2. The summed E-state index contributed by atoms with van der Waals surface area (Å²) in [6, 6.07) is 4.80. The molecule has 1 aromatic rings. The van der Waals surface area contributed by atoms with Crippen LogP contribution in [0, 0.1) is 5.82 Å². The molecule has 0 aliphatic rings. The third-order valence-electron chi connectivity index (χ3n) is 2.48. The highest BCUT2D eigenvalue weighted by atomic mass is 35.5. The number of nitrogens with zero attached hydrogens (tertiary/aromatic N) is 1. The van der Waals surface area contributed by atoms with Gasteiger partial charge in [0.15, 0.2) is 0 Å². The molecule has 1 aromatic carbocycles. The van der Waals surface area contributed by atoms with Crippen molar-refractivity contribution in [3.63, 3.8) is 0 Å². The van der Waals surface area contributed by atoms with Gasteiger partial charge in [0.05, 0.1) is 10.6 Å². The van der Waals surface area contributed by atoms with E-state index in [1.807, 2.05) is 11.8 Å². The Bertz CT molecular complexity index is 376. The third-order valence-corrected chi connectivity index (χ3v) is 2.91. The maximum absolute atomic E-state index is 13.3. The molecule has 17 heavy (non-hydrogen) atoms. The summed E-state index contributed by atoms with van der Waals surface area (Å²) >= 11 is 5.90. The van der Waals surface area contributed by atoms with Gasteiger partial charge in [-0.3, -0.25) is 4.90 Å². The van der Waals surface area contributed by atoms with Gasteiger partial charge in [0.2, 0.25) is 0 Å². The molecule has 0 spiro atoms. The topological polar surface area (TPSA) is 23.5 Å². The first kappa shape index (κ1) is 14.4. The molecule has 0 aliphatic heterocycles. The Balaban J connectivity index is 2.77. The molecule has 0 saturated heterocycles. The van der Waals surface area contributed by atoms with Crippen LogP contribution >= 0.6 is 11.6 Å². The molecule has 0 aliphatic carbocycles. The molecular weight excluding hydrogens is 241 g/mol. The summed E-state index contributed by atoms with van der Waals surface area (Å²) in [7, 11) is 0. The fraction of sp³-hybridized carbons (Fsp3) is 0.538. The summed E-state index contributed by atoms with van der Waals surface area (Å²) in [6.45, 7) is 7.34. The Morgan fingerprint density at radius 2 is 2.06 bits per heavy atom. The normalized spacial score (nSPS) is 12.2. The fourth-order valence-electron chi connectivity index (χ4n) is 1.74. The first-order valence-corrected chi connectivity index (χ1v) is 6.09. The van der Waals surface area contributed by atoms with Gasteiger partial charge in [-0.25, -0.2) is 4.39 Å². The number of hydrogen-bond acceptors (Lipinski definition) is 2. The molecule has 0 amide bonds. The van der Waals surface area contributed by atoms with E-state index in [4.69, 9.17) is 11.6 Å². The standard InChI is InChI=1S/C13H19ClFNO/c1-4-16(9-13(2,3)17)8-10-6-5-7-11(15)12(10)14/h5-7,17H,4,8-9H2,1-3H3. The summed E-state index contributed by atoms with van der Waals surface area (Å²) in [5.74, 6) is -0.400. The quantitative estimate of drug-likeness (QED) is 0.879. The Hall–Kier alpha value is -0.640. The Kier molecular flexibility index (Phi) is 4.92. The zero-order chi connectivity index (χ0) is 13.1. The van der Waals surface area contributed by atoms with Crippen LogP contribution in [0.3, 0.4) is 0 Å². The van der Waals surface area contributed by atoms with Crippen LogP contribution in [0.15, 0.2) is 18.2 Å². The lowest BCUT2D eigenvalue weighted by Gasteiger charge is -2.28. The van der Waals surface area contributed by atoms with Crippen molar-refractivity contribution in [2.45, 2.75) is 32.9 Å². The van der Waals surface area contributed by atoms with Crippen molar-refractivity contribution in [2.24, 2.45) is 0 Å². The molecule has 1 rings (SSSR count). The minimum atomic E-state index is -0.768. The van der Waals surface area contributed by atoms with Crippen LogP contribution in [0.5, 0.6) is 0 Å². The minimum absolute atomic E-state index is 0.168. The average molecular weight is 260 g/mol. The highest BCUT2D eigenvalue weighted by Gasteiger charge is 2.18. The van der Waals surface area contributed by atoms with Crippen molar-refractivity contribution < 1.29 is 9.50 Å². The van der Waals surface area contributed by atoms with Crippen LogP contribution < -0.4 is 0 Å². The number of benzene rings is 1. The average Bonchev–Trinajstić information content (AvgIpc) is 2.21. The van der Waals surface area contributed by atoms with E-state index >= 15 is 0 Å². The van der Waals surface area contributed by atoms with E-state index in [0.29, 0.717) is 13.1 Å². The zero-order valence-corrected chi connectivity index (χ0v) is 11.3. The van der Waals surface area contributed by atoms with Crippen molar-refractivity contribution in [3.05, 3.63) is 34.6 Å². The summed E-state index contributed by atoms with van der Waals surface area (Å²) in [5, 5.41) is 9.94. The lowest BCUT2D eigenvalue weighted by molar-refractivity contribution is 0.0353. The van der Waals surface area contributed by atoms with E-state index < -0.39 is 11.4 Å². The van der Waals surface area contributed by atoms with E-state index in [1.165, 1.54) is 6.07 Å². The van der Waals surface area contributed by atoms with E-state index in [1.54, 1.807) is 26.0 Å². The molecule has 0 aromatic heterocycles. The first-order chi connectivity index (χ1) is 7.83. The van der Waals surface area contributed by atoms with Crippen molar-refractivity contribution >= 4 is 11.6 Å². The second kappa shape index (κ2) is 5.80. The lowest BCUT2D eigenvalue weighted by Crippen LogP contribution is -2.38. The molecular formula is C13H19ClFNO. The fourth-order valence-corrected chi connectivity index (χ4v) is 1.92. The first-order valence-electron chi connectivity index (χ1n) is 5.71. The van der Waals surface area contributed by atoms with E-state index in [-0.39, 0.29) is 5.02 Å². The molecule has 96 valence electrons. The van der Waals surface area contributed by atoms with Gasteiger partial charge in [0.25, 0.3) is 0 Å². The van der Waals surface area contributed by atoms with Crippen molar-refractivity contribution in [1.82, 2.24) is 4.90 Å². The van der Waals surface area contributed by atoms with Gasteiger partial charge in [0.1, 0.15) is 5.82 Å². The van der Waals surface area contributed by atoms with Crippen molar-refractivity contribution in [2.75, 3.05) is 13.1 Å². The van der Waals surface area contributed by atoms with E-state index in [9.17, 15) is 9.50 Å². The van der Waals surface area contributed by atoms with Crippen LogP contribution in [0.4, 0.5) is 4.39 Å². The third kappa shape index (κ3) is 4.62. The van der Waals surface area contributed by atoms with Crippen LogP contribution in [0.2, 0.25) is 5.02 Å². The molecule has 0 unspecified atom stereocenters. The van der Waals surface area contributed by atoms with Crippen LogP contribution in [0.1, 0.15) is 26.3 Å². The van der Waals surface area contributed by atoms with Crippen LogP contribution in [-0.4, -0.2) is 28.7 Å². The monoisotopic (exact) mass is 259 g/mol. The smallest absolute Gasteiger partial charge is 0.142 e. The summed E-state index contributed by atoms with van der Waals surface area (Å²) in [4.78, 5) is 2.03. The van der Waals surface area contributed by atoms with Gasteiger partial charge in [-0.1, -0.05) is 30.7 Å². The molecule has 0 fully saturated rings. The van der Waals surface area contributed by atoms with E-state index in [0.717, 1.165) is 12.1 Å². The predicted octanol–water partition coefficient (Wildman–Crippen LogP) is 3.07. The minimum Gasteiger partial charge on any atom is -0.389 e. The molecule has 0 saturated carbocycles. The molecule has 0 bridgehead atoms. The lowest BCUT2D eigenvalue weighted by atomic mass is 10.1. The van der Waals surface area contributed by atoms with Crippen LogP contribution in [-0.2, 0) is 6.54 Å². The van der Waals surface area contributed by atoms with Crippen LogP contribution in [0.25, 0.3) is 0 Å². The number of hydrogen-bond donors (Lipinski definition) is 1. The Morgan fingerprint density at radius 3 is 2.59 bits per heavy atom. The molecule has 2 nitrogen and oxygen atoms in total. The maximum atomic E-state index is 13.3. The van der Waals surface area contributed by atoms with E-state index in [2.05, 4.69) is 0 Å². The number of rotatable bonds is 5. The Labute approximate surface area is 107 Å². The van der Waals surface area contributed by atoms with Gasteiger partial charge in [-0.15, -0.1) is 0 Å². The van der Waals surface area contributed by atoms with Gasteiger partial charge in [-0.05, 0) is 32.0 Å². The van der Waals surface area contributed by atoms with Crippen molar-refractivity contribution in [1.29, 1.82) is 0 Å². The molecule has 0 atom stereocenters. The summed E-state index contributed by atoms with van der Waals surface area (Å²) in [5.41, 5.74) is -0.0201. The summed E-state index contributed by atoms with van der Waals surface area (Å²) in [6.07, 6.45) is 0. The number of aliphatic hydroxyl groups is 1. The molecule has 4 heteroatoms. The number of likely N-dealkylation sites (N-methyl/N-ethyl adjacent to an activating group) is 1.